The lowest BCUT2D eigenvalue weighted by Gasteiger charge is -2.24. The highest BCUT2D eigenvalue weighted by atomic mass is 16.2. The maximum absolute atomic E-state index is 12.3. The predicted molar refractivity (Wildman–Crippen MR) is 103 cm³/mol. The second-order valence-corrected chi connectivity index (χ2v) is 6.14. The monoisotopic (exact) mass is 330 g/mol. The molecule has 126 valence electrons. The molecule has 0 unspecified atom stereocenters. The van der Waals surface area contributed by atoms with Gasteiger partial charge in [0.15, 0.2) is 0 Å². The van der Waals surface area contributed by atoms with Crippen molar-refractivity contribution in [2.24, 2.45) is 5.92 Å². The Balaban J connectivity index is 1.81. The average molecular weight is 330 g/mol. The highest BCUT2D eigenvalue weighted by Gasteiger charge is 2.18. The van der Waals surface area contributed by atoms with Crippen molar-refractivity contribution in [2.45, 2.75) is 13.0 Å². The van der Waals surface area contributed by atoms with E-state index < -0.39 is 0 Å². The molecule has 0 heterocycles. The Bertz CT molecular complexity index is 873. The number of hydrazine groups is 1. The third-order valence-electron chi connectivity index (χ3n) is 4.41. The number of nitrogens with one attached hydrogen (secondary N) is 2. The van der Waals surface area contributed by atoms with Crippen LogP contribution in [0.4, 0.5) is 0 Å². The van der Waals surface area contributed by atoms with Crippen LogP contribution in [0.15, 0.2) is 85.5 Å². The van der Waals surface area contributed by atoms with E-state index in [1.165, 1.54) is 10.8 Å². The van der Waals surface area contributed by atoms with Crippen LogP contribution in [0.3, 0.4) is 0 Å². The van der Waals surface area contributed by atoms with E-state index in [0.29, 0.717) is 5.56 Å². The first-order chi connectivity index (χ1) is 12.2. The normalized spacial score (nSPS) is 13.2. The summed E-state index contributed by atoms with van der Waals surface area (Å²) >= 11 is 0. The van der Waals surface area contributed by atoms with Gasteiger partial charge in [0.05, 0.1) is 6.04 Å². The summed E-state index contributed by atoms with van der Waals surface area (Å²) in [7, 11) is 0. The maximum Gasteiger partial charge on any atom is 0.265 e. The van der Waals surface area contributed by atoms with Gasteiger partial charge in [-0.05, 0) is 40.5 Å². The number of fused-ring (bicyclic) bond motifs is 1. The lowest BCUT2D eigenvalue weighted by Crippen LogP contribution is -2.42. The molecule has 0 aromatic heterocycles. The van der Waals surface area contributed by atoms with Crippen molar-refractivity contribution in [1.82, 2.24) is 10.9 Å². The van der Waals surface area contributed by atoms with E-state index in [0.717, 1.165) is 5.56 Å². The number of rotatable bonds is 6. The van der Waals surface area contributed by atoms with Crippen LogP contribution < -0.4 is 10.9 Å². The van der Waals surface area contributed by atoms with Gasteiger partial charge in [-0.3, -0.25) is 10.2 Å². The Morgan fingerprint density at radius 1 is 0.960 bits per heavy atom. The number of carbonyl (C=O) groups is 1. The van der Waals surface area contributed by atoms with Crippen LogP contribution >= 0.6 is 0 Å². The number of hydrogen-bond donors (Lipinski definition) is 2. The van der Waals surface area contributed by atoms with Gasteiger partial charge in [-0.15, -0.1) is 6.58 Å². The zero-order valence-electron chi connectivity index (χ0n) is 14.3. The second-order valence-electron chi connectivity index (χ2n) is 6.14. The van der Waals surface area contributed by atoms with E-state index in [1.54, 1.807) is 12.1 Å². The van der Waals surface area contributed by atoms with Gasteiger partial charge in [0, 0.05) is 5.56 Å². The van der Waals surface area contributed by atoms with Gasteiger partial charge in [0.1, 0.15) is 0 Å². The molecule has 3 nitrogen and oxygen atoms in total. The number of carbonyl (C=O) groups excluding carboxylic acids is 1. The molecule has 2 N–H and O–H groups in total. The number of hydrogen-bond acceptors (Lipinski definition) is 2. The van der Waals surface area contributed by atoms with E-state index >= 15 is 0 Å². The molecule has 3 heteroatoms. The van der Waals surface area contributed by atoms with Crippen LogP contribution in [0.1, 0.15) is 28.9 Å². The molecule has 0 saturated carbocycles. The summed E-state index contributed by atoms with van der Waals surface area (Å²) in [4.78, 5) is 12.3. The summed E-state index contributed by atoms with van der Waals surface area (Å²) in [5.74, 6) is -0.000105. The molecular formula is C22H22N2O. The third kappa shape index (κ3) is 3.95. The smallest absolute Gasteiger partial charge is 0.265 e. The van der Waals surface area contributed by atoms with E-state index in [9.17, 15) is 4.79 Å². The van der Waals surface area contributed by atoms with Crippen molar-refractivity contribution in [2.75, 3.05) is 0 Å². The summed E-state index contributed by atoms with van der Waals surface area (Å²) in [6, 6.07) is 23.7. The lowest BCUT2D eigenvalue weighted by atomic mass is 9.93. The van der Waals surface area contributed by atoms with Crippen molar-refractivity contribution in [1.29, 1.82) is 0 Å². The van der Waals surface area contributed by atoms with Crippen LogP contribution in [0.5, 0.6) is 0 Å². The quantitative estimate of drug-likeness (QED) is 0.511. The average Bonchev–Trinajstić information content (AvgIpc) is 2.68. The standard InChI is InChI=1S/C22H22N2O/c1-3-16(2)21(23-24-22(25)18-10-5-4-6-11-18)20-14-13-17-9-7-8-12-19(17)15-20/h3-16,21,23H,1H2,2H3,(H,24,25)/t16-,21-/m1/s1. The first kappa shape index (κ1) is 16.9. The van der Waals surface area contributed by atoms with Crippen molar-refractivity contribution in [3.63, 3.8) is 0 Å². The van der Waals surface area contributed by atoms with Gasteiger partial charge in [0.2, 0.25) is 0 Å². The molecule has 0 aliphatic carbocycles. The van der Waals surface area contributed by atoms with E-state index in [1.807, 2.05) is 36.4 Å². The summed E-state index contributed by atoms with van der Waals surface area (Å²) in [5, 5.41) is 2.38. The van der Waals surface area contributed by atoms with Gasteiger partial charge < -0.3 is 0 Å². The van der Waals surface area contributed by atoms with Crippen LogP contribution in [0.2, 0.25) is 0 Å². The van der Waals surface area contributed by atoms with Crippen LogP contribution in [-0.4, -0.2) is 5.91 Å². The predicted octanol–water partition coefficient (Wildman–Crippen LogP) is 4.64. The van der Waals surface area contributed by atoms with Crippen LogP contribution in [0, 0.1) is 5.92 Å². The zero-order valence-corrected chi connectivity index (χ0v) is 14.3. The van der Waals surface area contributed by atoms with Crippen molar-refractivity contribution in [3.05, 3.63) is 96.6 Å². The largest absolute Gasteiger partial charge is 0.287 e. The van der Waals surface area contributed by atoms with Crippen molar-refractivity contribution < 1.29 is 4.79 Å². The topological polar surface area (TPSA) is 41.1 Å². The Kier molecular flexibility index (Phi) is 5.26. The van der Waals surface area contributed by atoms with Gasteiger partial charge >= 0.3 is 0 Å². The van der Waals surface area contributed by atoms with E-state index in [2.05, 4.69) is 54.7 Å². The third-order valence-corrected chi connectivity index (χ3v) is 4.41. The minimum absolute atomic E-state index is 0.0604. The van der Waals surface area contributed by atoms with E-state index in [4.69, 9.17) is 0 Å². The molecule has 0 fully saturated rings. The summed E-state index contributed by atoms with van der Waals surface area (Å²) < 4.78 is 0. The molecular weight excluding hydrogens is 308 g/mol. The molecule has 3 aromatic rings. The van der Waals surface area contributed by atoms with E-state index in [-0.39, 0.29) is 17.9 Å². The molecule has 0 radical (unpaired) electrons. The first-order valence-corrected chi connectivity index (χ1v) is 8.41. The molecule has 25 heavy (non-hydrogen) atoms. The van der Waals surface area contributed by atoms with Crippen molar-refractivity contribution >= 4 is 16.7 Å². The number of benzene rings is 3. The summed E-state index contributed by atoms with van der Waals surface area (Å²) in [6.45, 7) is 5.98. The molecule has 0 saturated heterocycles. The highest BCUT2D eigenvalue weighted by Crippen LogP contribution is 2.25. The SMILES string of the molecule is C=C[C@@H](C)[C@@H](NNC(=O)c1ccccc1)c1ccc2ccccc2c1. The number of amides is 1. The van der Waals surface area contributed by atoms with Gasteiger partial charge in [0.25, 0.3) is 5.91 Å². The minimum Gasteiger partial charge on any atom is -0.287 e. The summed E-state index contributed by atoms with van der Waals surface area (Å²) in [5.41, 5.74) is 7.74. The second kappa shape index (κ2) is 7.77. The van der Waals surface area contributed by atoms with Crippen LogP contribution in [-0.2, 0) is 0 Å². The van der Waals surface area contributed by atoms with Gasteiger partial charge in [-0.2, -0.15) is 0 Å². The fraction of sp³-hybridized carbons (Fsp3) is 0.136. The lowest BCUT2D eigenvalue weighted by molar-refractivity contribution is 0.0921. The van der Waals surface area contributed by atoms with Crippen molar-refractivity contribution in [3.8, 4) is 0 Å². The summed E-state index contributed by atoms with van der Waals surface area (Å²) in [6.07, 6.45) is 1.89. The first-order valence-electron chi connectivity index (χ1n) is 8.41. The molecule has 0 spiro atoms. The Morgan fingerprint density at radius 3 is 2.36 bits per heavy atom. The Morgan fingerprint density at radius 2 is 1.64 bits per heavy atom. The minimum atomic E-state index is -0.150. The molecule has 1 amide bonds. The fourth-order valence-corrected chi connectivity index (χ4v) is 2.86. The van der Waals surface area contributed by atoms with Crippen LogP contribution in [0.25, 0.3) is 10.8 Å². The molecule has 0 aliphatic heterocycles. The molecule has 0 bridgehead atoms. The molecule has 3 rings (SSSR count). The zero-order chi connectivity index (χ0) is 17.6. The fourth-order valence-electron chi connectivity index (χ4n) is 2.86. The molecule has 2 atom stereocenters. The Hall–Kier alpha value is -2.91. The highest BCUT2D eigenvalue weighted by molar-refractivity contribution is 5.93. The van der Waals surface area contributed by atoms with Gasteiger partial charge in [-0.1, -0.05) is 67.6 Å². The molecule has 3 aromatic carbocycles. The Labute approximate surface area is 148 Å². The van der Waals surface area contributed by atoms with Gasteiger partial charge in [-0.25, -0.2) is 5.43 Å². The maximum atomic E-state index is 12.3. The molecule has 0 aliphatic rings.